The molecule has 3 aromatic carbocycles. The third kappa shape index (κ3) is 13.0. The van der Waals surface area contributed by atoms with Crippen molar-refractivity contribution in [1.82, 2.24) is 16.0 Å². The van der Waals surface area contributed by atoms with Crippen LogP contribution in [-0.2, 0) is 20.7 Å². The Hall–Kier alpha value is -3.05. The first-order valence-corrected chi connectivity index (χ1v) is 18.8. The van der Waals surface area contributed by atoms with E-state index in [4.69, 9.17) is 25.8 Å². The van der Waals surface area contributed by atoms with Crippen LogP contribution in [0, 0.1) is 11.3 Å². The van der Waals surface area contributed by atoms with Crippen molar-refractivity contribution in [2.45, 2.75) is 71.5 Å². The summed E-state index contributed by atoms with van der Waals surface area (Å²) in [6, 6.07) is 21.7. The largest absolute Gasteiger partial charge is 0.492 e. The average molecular weight is 792 g/mol. The fourth-order valence-corrected chi connectivity index (χ4v) is 6.99. The fraction of sp³-hybridized carbons (Fsp3) is 0.512. The number of carbonyl (C=O) groups excluding carboxylic acids is 2. The molecule has 3 aromatic rings. The lowest BCUT2D eigenvalue weighted by molar-refractivity contribution is -0.138. The number of methoxy groups -OCH3 is 1. The number of hydrogen-bond donors (Lipinski definition) is 3. The van der Waals surface area contributed by atoms with E-state index in [2.05, 4.69) is 61.0 Å². The van der Waals surface area contributed by atoms with Gasteiger partial charge in [-0.2, -0.15) is 0 Å². The van der Waals surface area contributed by atoms with Crippen LogP contribution in [0.5, 0.6) is 11.5 Å². The number of para-hydroxylation sites is 1. The maximum absolute atomic E-state index is 14.4. The molecule has 0 radical (unpaired) electrons. The number of anilines is 1. The van der Waals surface area contributed by atoms with Gasteiger partial charge in [-0.25, -0.2) is 0 Å². The number of fused-ring (bicyclic) bond motifs is 1. The minimum atomic E-state index is -1.03. The standard InChI is InChI=1S/C41H55ClN4O5.2ClH/c1-41(2,3)28-46-34-17-16-31(42)25-33(34)38(51-36(40(46)48)26-37(47)45-27-30-18-22-44-23-19-30)32-14-8-15-35(39(32)49-4)50-24-10-21-43-20-9-13-29-11-6-5-7-12-29;;/h5-8,11-12,14-17,25,30,36,38,43-44H,9-10,13,18-24,26-28H2,1-4H3,(H,45,47);2*1H/t36-,38-;;/m1../s1. The maximum atomic E-state index is 14.4. The summed E-state index contributed by atoms with van der Waals surface area (Å²) >= 11 is 6.61. The van der Waals surface area contributed by atoms with Gasteiger partial charge in [-0.1, -0.05) is 74.8 Å². The van der Waals surface area contributed by atoms with Gasteiger partial charge in [0.15, 0.2) is 11.5 Å². The predicted molar refractivity (Wildman–Crippen MR) is 218 cm³/mol. The van der Waals surface area contributed by atoms with Crippen LogP contribution in [0.3, 0.4) is 0 Å². The second-order valence-corrected chi connectivity index (χ2v) is 15.3. The number of halogens is 3. The zero-order valence-electron chi connectivity index (χ0n) is 31.5. The van der Waals surface area contributed by atoms with Crippen molar-refractivity contribution < 1.29 is 23.8 Å². The van der Waals surface area contributed by atoms with Crippen molar-refractivity contribution in [2.75, 3.05) is 57.9 Å². The van der Waals surface area contributed by atoms with Gasteiger partial charge in [-0.05, 0) is 99.4 Å². The molecule has 2 heterocycles. The lowest BCUT2D eigenvalue weighted by atomic mass is 9.94. The molecule has 53 heavy (non-hydrogen) atoms. The molecule has 292 valence electrons. The SMILES string of the molecule is COc1c(OCCCNCCCc2ccccc2)cccc1[C@H]1O[C@H](CC(=O)NCC2CCNCC2)C(=O)N(CC(C)(C)C)c2ccc(Cl)cc21.Cl.Cl. The molecule has 12 heteroatoms. The molecule has 1 saturated heterocycles. The van der Waals surface area contributed by atoms with Crippen LogP contribution in [0.1, 0.15) is 75.7 Å². The molecule has 0 unspecified atom stereocenters. The number of hydrogen-bond acceptors (Lipinski definition) is 7. The Bertz CT molecular complexity index is 1580. The third-order valence-electron chi connectivity index (χ3n) is 9.37. The Morgan fingerprint density at radius 1 is 0.981 bits per heavy atom. The summed E-state index contributed by atoms with van der Waals surface area (Å²) in [7, 11) is 1.61. The van der Waals surface area contributed by atoms with E-state index in [-0.39, 0.29) is 48.5 Å². The summed E-state index contributed by atoms with van der Waals surface area (Å²) in [5.41, 5.74) is 3.26. The Morgan fingerprint density at radius 2 is 1.72 bits per heavy atom. The van der Waals surface area contributed by atoms with Crippen molar-refractivity contribution in [1.29, 1.82) is 0 Å². The van der Waals surface area contributed by atoms with E-state index in [1.54, 1.807) is 18.1 Å². The lowest BCUT2D eigenvalue weighted by Crippen LogP contribution is -2.45. The van der Waals surface area contributed by atoms with E-state index in [0.717, 1.165) is 63.8 Å². The first-order chi connectivity index (χ1) is 24.6. The number of nitrogens with zero attached hydrogens (tertiary/aromatic N) is 1. The maximum Gasteiger partial charge on any atom is 0.256 e. The van der Waals surface area contributed by atoms with Gasteiger partial charge in [0.1, 0.15) is 12.2 Å². The summed E-state index contributed by atoms with van der Waals surface area (Å²) in [5, 5.41) is 10.5. The van der Waals surface area contributed by atoms with Crippen LogP contribution in [0.2, 0.25) is 5.02 Å². The first kappa shape index (κ1) is 44.3. The van der Waals surface area contributed by atoms with Crippen LogP contribution in [0.15, 0.2) is 66.7 Å². The second-order valence-electron chi connectivity index (χ2n) is 14.8. The van der Waals surface area contributed by atoms with E-state index < -0.39 is 12.2 Å². The van der Waals surface area contributed by atoms with Gasteiger partial charge >= 0.3 is 0 Å². The molecule has 2 amide bonds. The number of ether oxygens (including phenoxy) is 3. The molecule has 0 aliphatic carbocycles. The van der Waals surface area contributed by atoms with Crippen molar-refractivity contribution in [3.63, 3.8) is 0 Å². The number of benzene rings is 3. The Kier molecular flexibility index (Phi) is 18.2. The van der Waals surface area contributed by atoms with Crippen molar-refractivity contribution in [3.8, 4) is 11.5 Å². The van der Waals surface area contributed by atoms with Crippen LogP contribution < -0.4 is 30.3 Å². The summed E-state index contributed by atoms with van der Waals surface area (Å²) in [6.45, 7) is 11.5. The van der Waals surface area contributed by atoms with Crippen LogP contribution in [0.25, 0.3) is 0 Å². The van der Waals surface area contributed by atoms with Gasteiger partial charge in [0, 0.05) is 34.9 Å². The molecule has 0 saturated carbocycles. The van der Waals surface area contributed by atoms with Gasteiger partial charge < -0.3 is 35.1 Å². The first-order valence-electron chi connectivity index (χ1n) is 18.4. The van der Waals surface area contributed by atoms with Gasteiger partial charge in [0.2, 0.25) is 5.91 Å². The van der Waals surface area contributed by atoms with E-state index in [1.807, 2.05) is 36.4 Å². The van der Waals surface area contributed by atoms with E-state index in [9.17, 15) is 9.59 Å². The zero-order chi connectivity index (χ0) is 36.2. The monoisotopic (exact) mass is 790 g/mol. The summed E-state index contributed by atoms with van der Waals surface area (Å²) in [6.07, 6.45) is 3.10. The van der Waals surface area contributed by atoms with E-state index in [1.165, 1.54) is 5.56 Å². The van der Waals surface area contributed by atoms with Crippen molar-refractivity contribution in [3.05, 3.63) is 88.4 Å². The molecular weight excluding hydrogens is 735 g/mol. The highest BCUT2D eigenvalue weighted by molar-refractivity contribution is 6.30. The lowest BCUT2D eigenvalue weighted by Gasteiger charge is -2.31. The molecule has 0 bridgehead atoms. The quantitative estimate of drug-likeness (QED) is 0.129. The summed E-state index contributed by atoms with van der Waals surface area (Å²) in [4.78, 5) is 29.5. The van der Waals surface area contributed by atoms with Crippen LogP contribution in [0.4, 0.5) is 5.69 Å². The third-order valence-corrected chi connectivity index (χ3v) is 9.60. The highest BCUT2D eigenvalue weighted by Gasteiger charge is 2.40. The van der Waals surface area contributed by atoms with E-state index >= 15 is 0 Å². The molecule has 2 atom stereocenters. The number of aryl methyl sites for hydroxylation is 1. The zero-order valence-corrected chi connectivity index (χ0v) is 33.8. The second kappa shape index (κ2) is 21.7. The summed E-state index contributed by atoms with van der Waals surface area (Å²) < 4.78 is 19.0. The van der Waals surface area contributed by atoms with Gasteiger partial charge in [-0.15, -0.1) is 24.8 Å². The molecule has 2 aliphatic rings. The van der Waals surface area contributed by atoms with Gasteiger partial charge in [0.25, 0.3) is 5.91 Å². The minimum absolute atomic E-state index is 0. The molecule has 1 fully saturated rings. The summed E-state index contributed by atoms with van der Waals surface area (Å²) in [5.74, 6) is 1.07. The van der Waals surface area contributed by atoms with Crippen molar-refractivity contribution >= 4 is 53.9 Å². The molecule has 5 rings (SSSR count). The molecule has 3 N–H and O–H groups in total. The highest BCUT2D eigenvalue weighted by atomic mass is 35.5. The number of nitrogens with one attached hydrogen (secondary N) is 3. The number of amides is 2. The van der Waals surface area contributed by atoms with Gasteiger partial charge in [0.05, 0.1) is 20.1 Å². The average Bonchev–Trinajstić information content (AvgIpc) is 3.22. The Morgan fingerprint density at radius 3 is 2.43 bits per heavy atom. The normalized spacial score (nSPS) is 17.5. The van der Waals surface area contributed by atoms with E-state index in [0.29, 0.717) is 53.4 Å². The number of piperidine rings is 1. The molecule has 0 spiro atoms. The van der Waals surface area contributed by atoms with Crippen LogP contribution in [-0.4, -0.2) is 70.9 Å². The van der Waals surface area contributed by atoms with Crippen molar-refractivity contribution in [2.24, 2.45) is 11.3 Å². The molecule has 2 aliphatic heterocycles. The molecule has 9 nitrogen and oxygen atoms in total. The Labute approximate surface area is 333 Å². The smallest absolute Gasteiger partial charge is 0.256 e. The number of carbonyl (C=O) groups is 2. The van der Waals surface area contributed by atoms with Crippen LogP contribution >= 0.6 is 36.4 Å². The van der Waals surface area contributed by atoms with Gasteiger partial charge in [-0.3, -0.25) is 9.59 Å². The fourth-order valence-electron chi connectivity index (χ4n) is 6.81. The topological polar surface area (TPSA) is 101 Å². The molecular formula is C41H57Cl3N4O5. The molecule has 0 aromatic heterocycles. The predicted octanol–water partition coefficient (Wildman–Crippen LogP) is 7.56. The minimum Gasteiger partial charge on any atom is -0.492 e. The highest BCUT2D eigenvalue weighted by Crippen LogP contribution is 2.45. The number of rotatable bonds is 16. The Balaban J connectivity index is 0.00000378.